The Morgan fingerprint density at radius 2 is 1.71 bits per heavy atom. The van der Waals surface area contributed by atoms with E-state index in [1.165, 1.54) is 0 Å². The van der Waals surface area contributed by atoms with Gasteiger partial charge in [-0.25, -0.2) is 9.59 Å². The van der Waals surface area contributed by atoms with Crippen LogP contribution < -0.4 is 10.1 Å². The summed E-state index contributed by atoms with van der Waals surface area (Å²) in [6, 6.07) is 6.84. The molecule has 1 aromatic rings. The lowest BCUT2D eigenvalue weighted by Crippen LogP contribution is -2.43. The number of carbonyl (C=O) groups is 2. The fraction of sp³-hybridized carbons (Fsp3) is 0.680. The molecule has 1 aromatic carbocycles. The standard InChI is InChI=1S/C25H39F3N2O5/c1-3-5-15-29-24(33)30(16-9-7-6-8-14-25(26,27)28)17-18-35-21-12-10-20(11-13-21)19-22(23(31)32)34-4-2/h10-13,22H,3-9,14-19H2,1-2H3,(H,29,33)(H,31,32). The molecule has 0 spiro atoms. The Labute approximate surface area is 206 Å². The van der Waals surface area contributed by atoms with Gasteiger partial charge in [0.2, 0.25) is 0 Å². The molecule has 0 heterocycles. The second-order valence-electron chi connectivity index (χ2n) is 8.33. The third-order valence-corrected chi connectivity index (χ3v) is 5.35. The van der Waals surface area contributed by atoms with Crippen LogP contribution in [0.5, 0.6) is 5.75 Å². The van der Waals surface area contributed by atoms with E-state index in [4.69, 9.17) is 9.47 Å². The van der Waals surface area contributed by atoms with E-state index in [9.17, 15) is 27.9 Å². The molecule has 1 atom stereocenters. The first-order valence-electron chi connectivity index (χ1n) is 12.3. The molecule has 0 aliphatic rings. The van der Waals surface area contributed by atoms with Gasteiger partial charge in [0.1, 0.15) is 12.4 Å². The zero-order chi connectivity index (χ0) is 26.1. The maximum absolute atomic E-state index is 12.5. The predicted octanol–water partition coefficient (Wildman–Crippen LogP) is 5.42. The van der Waals surface area contributed by atoms with Crippen LogP contribution in [0.1, 0.15) is 64.4 Å². The third-order valence-electron chi connectivity index (χ3n) is 5.35. The molecule has 0 saturated heterocycles. The van der Waals surface area contributed by atoms with Gasteiger partial charge in [0.25, 0.3) is 0 Å². The van der Waals surface area contributed by atoms with Gasteiger partial charge in [0, 0.05) is 32.5 Å². The van der Waals surface area contributed by atoms with Crippen LogP contribution in [-0.2, 0) is 16.0 Å². The van der Waals surface area contributed by atoms with Crippen molar-refractivity contribution in [3.8, 4) is 5.75 Å². The fourth-order valence-corrected chi connectivity index (χ4v) is 3.41. The predicted molar refractivity (Wildman–Crippen MR) is 128 cm³/mol. The highest BCUT2D eigenvalue weighted by Crippen LogP contribution is 2.23. The van der Waals surface area contributed by atoms with Crippen molar-refractivity contribution in [2.75, 3.05) is 32.8 Å². The lowest BCUT2D eigenvalue weighted by molar-refractivity contribution is -0.150. The number of alkyl halides is 3. The van der Waals surface area contributed by atoms with Crippen molar-refractivity contribution < 1.29 is 37.3 Å². The summed E-state index contributed by atoms with van der Waals surface area (Å²) in [6.07, 6.45) is -1.91. The number of halogens is 3. The van der Waals surface area contributed by atoms with Crippen molar-refractivity contribution in [2.24, 2.45) is 0 Å². The number of amides is 2. The monoisotopic (exact) mass is 504 g/mol. The molecule has 0 fully saturated rings. The van der Waals surface area contributed by atoms with Crippen molar-refractivity contribution in [2.45, 2.75) is 77.5 Å². The van der Waals surface area contributed by atoms with Gasteiger partial charge in [0.15, 0.2) is 6.10 Å². The molecule has 2 N–H and O–H groups in total. The molecular formula is C25H39F3N2O5. The van der Waals surface area contributed by atoms with Gasteiger partial charge in [0.05, 0.1) is 6.54 Å². The zero-order valence-electron chi connectivity index (χ0n) is 20.7. The minimum atomic E-state index is -4.12. The number of nitrogens with one attached hydrogen (secondary N) is 1. The number of unbranched alkanes of at least 4 members (excludes halogenated alkanes) is 4. The maximum Gasteiger partial charge on any atom is 0.389 e. The lowest BCUT2D eigenvalue weighted by Gasteiger charge is -2.23. The van der Waals surface area contributed by atoms with E-state index in [-0.39, 0.29) is 25.5 Å². The molecule has 2 amide bonds. The van der Waals surface area contributed by atoms with E-state index in [2.05, 4.69) is 5.32 Å². The zero-order valence-corrected chi connectivity index (χ0v) is 20.7. The number of hydrogen-bond donors (Lipinski definition) is 2. The minimum Gasteiger partial charge on any atom is -0.492 e. The fourth-order valence-electron chi connectivity index (χ4n) is 3.41. The van der Waals surface area contributed by atoms with Crippen molar-refractivity contribution in [3.63, 3.8) is 0 Å². The molecule has 0 saturated carbocycles. The second-order valence-corrected chi connectivity index (χ2v) is 8.33. The molecule has 35 heavy (non-hydrogen) atoms. The molecule has 0 aliphatic heterocycles. The average molecular weight is 505 g/mol. The summed E-state index contributed by atoms with van der Waals surface area (Å²) >= 11 is 0. The maximum atomic E-state index is 12.5. The van der Waals surface area contributed by atoms with Crippen molar-refractivity contribution in [1.82, 2.24) is 10.2 Å². The normalized spacial score (nSPS) is 12.3. The number of nitrogens with zero attached hydrogens (tertiary/aromatic N) is 1. The molecule has 0 radical (unpaired) electrons. The van der Waals surface area contributed by atoms with E-state index in [1.54, 1.807) is 36.1 Å². The first kappa shape index (κ1) is 30.5. The first-order chi connectivity index (χ1) is 16.7. The van der Waals surface area contributed by atoms with E-state index in [0.717, 1.165) is 18.4 Å². The van der Waals surface area contributed by atoms with Crippen LogP contribution in [0.2, 0.25) is 0 Å². The minimum absolute atomic E-state index is 0.100. The SMILES string of the molecule is CCCCNC(=O)N(CCCCCCC(F)(F)F)CCOc1ccc(CC(OCC)C(=O)O)cc1. The van der Waals surface area contributed by atoms with Gasteiger partial charge in [-0.15, -0.1) is 0 Å². The highest BCUT2D eigenvalue weighted by Gasteiger charge is 2.25. The van der Waals surface area contributed by atoms with Gasteiger partial charge in [-0.3, -0.25) is 0 Å². The quantitative estimate of drug-likeness (QED) is 0.261. The number of urea groups is 1. The summed E-state index contributed by atoms with van der Waals surface area (Å²) in [5, 5.41) is 12.1. The van der Waals surface area contributed by atoms with Crippen LogP contribution in [0.25, 0.3) is 0 Å². The Morgan fingerprint density at radius 1 is 1.03 bits per heavy atom. The second kappa shape index (κ2) is 17.0. The largest absolute Gasteiger partial charge is 0.492 e. The van der Waals surface area contributed by atoms with Crippen LogP contribution in [0.4, 0.5) is 18.0 Å². The van der Waals surface area contributed by atoms with Crippen molar-refractivity contribution in [3.05, 3.63) is 29.8 Å². The Balaban J connectivity index is 2.51. The molecule has 0 aromatic heterocycles. The average Bonchev–Trinajstić information content (AvgIpc) is 2.80. The third kappa shape index (κ3) is 14.5. The summed E-state index contributed by atoms with van der Waals surface area (Å²) in [7, 11) is 0. The molecule has 10 heteroatoms. The summed E-state index contributed by atoms with van der Waals surface area (Å²) < 4.78 is 47.8. The van der Waals surface area contributed by atoms with E-state index in [1.807, 2.05) is 6.92 Å². The van der Waals surface area contributed by atoms with Crippen molar-refractivity contribution >= 4 is 12.0 Å². The highest BCUT2D eigenvalue weighted by atomic mass is 19.4. The van der Waals surface area contributed by atoms with Crippen LogP contribution in [-0.4, -0.2) is 67.1 Å². The number of ether oxygens (including phenoxy) is 2. The van der Waals surface area contributed by atoms with Gasteiger partial charge in [-0.1, -0.05) is 38.3 Å². The molecule has 0 bridgehead atoms. The van der Waals surface area contributed by atoms with Crippen molar-refractivity contribution in [1.29, 1.82) is 0 Å². The summed E-state index contributed by atoms with van der Waals surface area (Å²) in [5.74, 6) is -0.416. The van der Waals surface area contributed by atoms with E-state index < -0.39 is 24.7 Å². The highest BCUT2D eigenvalue weighted by molar-refractivity contribution is 5.74. The molecule has 0 aliphatic carbocycles. The number of rotatable bonds is 18. The van der Waals surface area contributed by atoms with Crippen LogP contribution in [0, 0.1) is 0 Å². The number of hydrogen-bond acceptors (Lipinski definition) is 4. The van der Waals surface area contributed by atoms with Crippen LogP contribution in [0.15, 0.2) is 24.3 Å². The molecule has 1 rings (SSSR count). The van der Waals surface area contributed by atoms with Crippen LogP contribution in [0.3, 0.4) is 0 Å². The number of carboxylic acids is 1. The van der Waals surface area contributed by atoms with Crippen LogP contribution >= 0.6 is 0 Å². The molecular weight excluding hydrogens is 465 g/mol. The number of aliphatic carboxylic acids is 1. The number of carboxylic acid groups (broad SMARTS) is 1. The first-order valence-corrected chi connectivity index (χ1v) is 12.3. The summed E-state index contributed by atoms with van der Waals surface area (Å²) in [5.41, 5.74) is 0.806. The molecule has 7 nitrogen and oxygen atoms in total. The molecule has 200 valence electrons. The number of benzene rings is 1. The smallest absolute Gasteiger partial charge is 0.389 e. The Morgan fingerprint density at radius 3 is 2.31 bits per heavy atom. The van der Waals surface area contributed by atoms with E-state index >= 15 is 0 Å². The van der Waals surface area contributed by atoms with Gasteiger partial charge in [-0.2, -0.15) is 13.2 Å². The Kier molecular flexibility index (Phi) is 14.9. The number of carbonyl (C=O) groups excluding carboxylic acids is 1. The lowest BCUT2D eigenvalue weighted by atomic mass is 10.1. The van der Waals surface area contributed by atoms with Gasteiger partial charge in [-0.05, 0) is 43.9 Å². The van der Waals surface area contributed by atoms with Gasteiger partial charge < -0.3 is 24.8 Å². The Hall–Kier alpha value is -2.49. The van der Waals surface area contributed by atoms with Gasteiger partial charge >= 0.3 is 18.2 Å². The Bertz CT molecular complexity index is 729. The summed E-state index contributed by atoms with van der Waals surface area (Å²) in [4.78, 5) is 25.4. The van der Waals surface area contributed by atoms with E-state index in [0.29, 0.717) is 51.3 Å². The summed E-state index contributed by atoms with van der Waals surface area (Å²) in [6.45, 7) is 5.70. The molecule has 1 unspecified atom stereocenters. The topological polar surface area (TPSA) is 88.1 Å².